The summed E-state index contributed by atoms with van der Waals surface area (Å²) >= 11 is 0. The second kappa shape index (κ2) is 18.9. The molecule has 0 spiro atoms. The molecule has 0 saturated carbocycles. The number of hydrogen-bond acceptors (Lipinski definition) is 9. The van der Waals surface area contributed by atoms with Crippen LogP contribution in [0.2, 0.25) is 0 Å². The SMILES string of the molecule is C[C@H](O)[C@@H](C(=O)N[C@@H](Cc1ccccc1)[C@H](O)CNC[C@@H](O)[C@H](Cc1ccccc1)NC(=O)OC(C)(C)C)N(Cc1ccccc1)C(=O)[O-]. The lowest BCUT2D eigenvalue weighted by atomic mass is 9.99. The molecule has 0 saturated heterocycles. The summed E-state index contributed by atoms with van der Waals surface area (Å²) < 4.78 is 5.40. The Morgan fingerprint density at radius 1 is 0.735 bits per heavy atom. The van der Waals surface area contributed by atoms with Gasteiger partial charge in [0.1, 0.15) is 17.7 Å². The first-order valence-corrected chi connectivity index (χ1v) is 16.4. The average Bonchev–Trinajstić information content (AvgIpc) is 3.04. The fraction of sp³-hybridized carbons (Fsp3) is 0.432. The van der Waals surface area contributed by atoms with Crippen molar-refractivity contribution < 1.29 is 39.5 Å². The van der Waals surface area contributed by atoms with E-state index in [4.69, 9.17) is 4.74 Å². The first kappa shape index (κ1) is 39.0. The Balaban J connectivity index is 1.73. The van der Waals surface area contributed by atoms with Crippen LogP contribution in [0.1, 0.15) is 44.4 Å². The summed E-state index contributed by atoms with van der Waals surface area (Å²) in [5.74, 6) is -0.806. The van der Waals surface area contributed by atoms with Crippen LogP contribution in [0.25, 0.3) is 0 Å². The number of amides is 3. The van der Waals surface area contributed by atoms with Crippen LogP contribution in [0.15, 0.2) is 91.0 Å². The summed E-state index contributed by atoms with van der Waals surface area (Å²) in [5, 5.41) is 53.8. The molecule has 0 fully saturated rings. The van der Waals surface area contributed by atoms with Crippen LogP contribution in [0.3, 0.4) is 0 Å². The van der Waals surface area contributed by atoms with Crippen molar-refractivity contribution in [2.24, 2.45) is 0 Å². The van der Waals surface area contributed by atoms with E-state index in [2.05, 4.69) is 16.0 Å². The van der Waals surface area contributed by atoms with Gasteiger partial charge in [-0.2, -0.15) is 0 Å². The molecule has 12 heteroatoms. The highest BCUT2D eigenvalue weighted by Crippen LogP contribution is 2.15. The van der Waals surface area contributed by atoms with Gasteiger partial charge in [-0.3, -0.25) is 4.79 Å². The number of aliphatic hydroxyl groups is 3. The van der Waals surface area contributed by atoms with Gasteiger partial charge in [0, 0.05) is 19.6 Å². The Labute approximate surface area is 288 Å². The van der Waals surface area contributed by atoms with Crippen LogP contribution in [-0.4, -0.2) is 93.4 Å². The predicted octanol–water partition coefficient (Wildman–Crippen LogP) is 1.76. The second-order valence-corrected chi connectivity index (χ2v) is 13.1. The van der Waals surface area contributed by atoms with E-state index in [0.29, 0.717) is 12.0 Å². The zero-order chi connectivity index (χ0) is 36.0. The molecule has 12 nitrogen and oxygen atoms in total. The number of carboxylic acid groups (broad SMARTS) is 1. The van der Waals surface area contributed by atoms with Gasteiger partial charge >= 0.3 is 6.09 Å². The topological polar surface area (TPSA) is 184 Å². The first-order valence-electron chi connectivity index (χ1n) is 16.4. The molecular weight excluding hydrogens is 628 g/mol. The highest BCUT2D eigenvalue weighted by molar-refractivity contribution is 5.86. The largest absolute Gasteiger partial charge is 0.530 e. The fourth-order valence-electron chi connectivity index (χ4n) is 5.37. The molecule has 0 unspecified atom stereocenters. The number of benzene rings is 3. The molecule has 0 heterocycles. The Kier molecular flexibility index (Phi) is 15.0. The number of alkyl carbamates (subject to hydrolysis) is 1. The van der Waals surface area contributed by atoms with Crippen molar-refractivity contribution in [2.45, 2.75) is 89.1 Å². The van der Waals surface area contributed by atoms with Gasteiger partial charge in [0.25, 0.3) is 0 Å². The highest BCUT2D eigenvalue weighted by Gasteiger charge is 2.34. The van der Waals surface area contributed by atoms with Crippen molar-refractivity contribution in [2.75, 3.05) is 13.1 Å². The van der Waals surface area contributed by atoms with Gasteiger partial charge in [0.2, 0.25) is 5.91 Å². The molecule has 3 rings (SSSR count). The minimum Gasteiger partial charge on any atom is -0.530 e. The summed E-state index contributed by atoms with van der Waals surface area (Å²) in [4.78, 5) is 39.2. The van der Waals surface area contributed by atoms with E-state index in [1.54, 1.807) is 51.1 Å². The molecule has 3 amide bonds. The van der Waals surface area contributed by atoms with Crippen LogP contribution < -0.4 is 21.1 Å². The smallest absolute Gasteiger partial charge is 0.407 e. The van der Waals surface area contributed by atoms with Gasteiger partial charge in [-0.05, 0) is 57.2 Å². The van der Waals surface area contributed by atoms with Crippen molar-refractivity contribution in [3.05, 3.63) is 108 Å². The van der Waals surface area contributed by atoms with Gasteiger partial charge in [0.15, 0.2) is 0 Å². The summed E-state index contributed by atoms with van der Waals surface area (Å²) in [5.41, 5.74) is 1.55. The number of nitrogens with one attached hydrogen (secondary N) is 3. The molecule has 3 aromatic carbocycles. The molecule has 6 atom stereocenters. The fourth-order valence-corrected chi connectivity index (χ4v) is 5.37. The van der Waals surface area contributed by atoms with Gasteiger partial charge in [0.05, 0.1) is 30.4 Å². The Bertz CT molecular complexity index is 1440. The maximum atomic E-state index is 13.6. The van der Waals surface area contributed by atoms with Crippen LogP contribution in [0, 0.1) is 0 Å². The molecule has 0 aliphatic heterocycles. The summed E-state index contributed by atoms with van der Waals surface area (Å²) in [6.07, 6.45) is -5.50. The van der Waals surface area contributed by atoms with Gasteiger partial charge in [-0.1, -0.05) is 91.0 Å². The maximum Gasteiger partial charge on any atom is 0.407 e. The van der Waals surface area contributed by atoms with E-state index < -0.39 is 60.1 Å². The van der Waals surface area contributed by atoms with Gasteiger partial charge in [-0.15, -0.1) is 0 Å². The number of ether oxygens (including phenoxy) is 1. The molecule has 0 bridgehead atoms. The minimum absolute atomic E-state index is 0.0256. The van der Waals surface area contributed by atoms with Crippen molar-refractivity contribution in [1.29, 1.82) is 0 Å². The molecule has 0 aliphatic rings. The third-order valence-corrected chi connectivity index (χ3v) is 7.75. The van der Waals surface area contributed by atoms with Crippen LogP contribution in [-0.2, 0) is 28.9 Å². The summed E-state index contributed by atoms with van der Waals surface area (Å²) in [6, 6.07) is 23.9. The molecular formula is C37H49N4O8-. The van der Waals surface area contributed by atoms with Crippen molar-refractivity contribution in [3.8, 4) is 0 Å². The van der Waals surface area contributed by atoms with E-state index in [9.17, 15) is 34.8 Å². The molecule has 0 aliphatic carbocycles. The zero-order valence-electron chi connectivity index (χ0n) is 28.5. The third kappa shape index (κ3) is 13.5. The Morgan fingerprint density at radius 3 is 1.57 bits per heavy atom. The molecule has 3 aromatic rings. The average molecular weight is 678 g/mol. The monoisotopic (exact) mass is 677 g/mol. The first-order chi connectivity index (χ1) is 23.2. The Morgan fingerprint density at radius 2 is 1.16 bits per heavy atom. The molecule has 0 radical (unpaired) electrons. The molecule has 0 aromatic heterocycles. The van der Waals surface area contributed by atoms with Crippen molar-refractivity contribution in [1.82, 2.24) is 20.9 Å². The van der Waals surface area contributed by atoms with E-state index >= 15 is 0 Å². The van der Waals surface area contributed by atoms with Crippen LogP contribution in [0.4, 0.5) is 9.59 Å². The van der Waals surface area contributed by atoms with Crippen LogP contribution >= 0.6 is 0 Å². The van der Waals surface area contributed by atoms with Crippen molar-refractivity contribution >= 4 is 18.1 Å². The lowest BCUT2D eigenvalue weighted by Gasteiger charge is -2.36. The quantitative estimate of drug-likeness (QED) is 0.124. The lowest BCUT2D eigenvalue weighted by molar-refractivity contribution is -0.270. The van der Waals surface area contributed by atoms with Gasteiger partial charge < -0.3 is 50.8 Å². The second-order valence-electron chi connectivity index (χ2n) is 13.1. The number of rotatable bonds is 17. The van der Waals surface area contributed by atoms with E-state index in [1.165, 1.54) is 6.92 Å². The number of hydrogen-bond donors (Lipinski definition) is 6. The minimum atomic E-state index is -1.63. The van der Waals surface area contributed by atoms with Gasteiger partial charge in [-0.25, -0.2) is 4.79 Å². The van der Waals surface area contributed by atoms with E-state index in [1.807, 2.05) is 60.7 Å². The maximum absolute atomic E-state index is 13.6. The standard InChI is InChI=1S/C37H50N4O8/c1-25(42)33(41(36(47)48)24-28-18-12-7-13-19-28)34(45)39-29(20-26-14-8-5-9-15-26)31(43)22-38-23-32(44)30(21-27-16-10-6-11-17-27)40-35(46)49-37(2,3)4/h5-19,25,29-33,38,42-44H,20-24H2,1-4H3,(H,39,45)(H,40,46)(H,47,48)/p-1/t25-,29-,30-,31+,32+,33-/m0/s1. The third-order valence-electron chi connectivity index (χ3n) is 7.75. The number of carbonyl (C=O) groups excluding carboxylic acids is 3. The molecule has 49 heavy (non-hydrogen) atoms. The summed E-state index contributed by atoms with van der Waals surface area (Å²) in [7, 11) is 0. The highest BCUT2D eigenvalue weighted by atomic mass is 16.6. The van der Waals surface area contributed by atoms with Crippen molar-refractivity contribution in [3.63, 3.8) is 0 Å². The zero-order valence-corrected chi connectivity index (χ0v) is 28.5. The normalized spacial score (nSPS) is 15.2. The van der Waals surface area contributed by atoms with Crippen LogP contribution in [0.5, 0.6) is 0 Å². The van der Waals surface area contributed by atoms with E-state index in [-0.39, 0.29) is 26.1 Å². The number of carbonyl (C=O) groups is 3. The summed E-state index contributed by atoms with van der Waals surface area (Å²) in [6.45, 7) is 6.24. The molecule has 6 N–H and O–H groups in total. The number of nitrogens with zero attached hydrogens (tertiary/aromatic N) is 1. The Hall–Kier alpha value is -4.49. The van der Waals surface area contributed by atoms with E-state index in [0.717, 1.165) is 16.0 Å². The predicted molar refractivity (Wildman–Crippen MR) is 183 cm³/mol. The lowest BCUT2D eigenvalue weighted by Crippen LogP contribution is -2.60. The number of aliphatic hydroxyl groups excluding tert-OH is 3. The molecule has 266 valence electrons.